The van der Waals surface area contributed by atoms with Crippen LogP contribution >= 0.6 is 0 Å². The van der Waals surface area contributed by atoms with Crippen LogP contribution in [0.5, 0.6) is 17.2 Å². The van der Waals surface area contributed by atoms with Gasteiger partial charge in [0.15, 0.2) is 0 Å². The fraction of sp³-hybridized carbons (Fsp3) is 0.278. The summed E-state index contributed by atoms with van der Waals surface area (Å²) < 4.78 is 16.0. The molecule has 0 saturated heterocycles. The maximum Gasteiger partial charge on any atom is 0.224 e. The van der Waals surface area contributed by atoms with Gasteiger partial charge in [-0.15, -0.1) is 0 Å². The van der Waals surface area contributed by atoms with Gasteiger partial charge in [-0.05, 0) is 17.7 Å². The highest BCUT2D eigenvalue weighted by molar-refractivity contribution is 5.78. The van der Waals surface area contributed by atoms with E-state index in [-0.39, 0.29) is 5.91 Å². The number of amides is 1. The molecular formula is C18H22N2O4. The number of methoxy groups -OCH3 is 2. The highest BCUT2D eigenvalue weighted by Crippen LogP contribution is 2.27. The number of rotatable bonds is 8. The van der Waals surface area contributed by atoms with E-state index >= 15 is 0 Å². The largest absolute Gasteiger partial charge is 0.496 e. The molecule has 6 heteroatoms. The predicted molar refractivity (Wildman–Crippen MR) is 92.6 cm³/mol. The Morgan fingerprint density at radius 1 is 1.00 bits per heavy atom. The van der Waals surface area contributed by atoms with Gasteiger partial charge in [0.05, 0.1) is 27.2 Å². The standard InChI is InChI=1S/C18H22N2O4/c1-22-15-10-16(23-2)12-17(11-15)24-8-7-20-18(21)9-13-3-5-14(19)6-4-13/h3-6,10-12H,7-9,19H2,1-2H3,(H,20,21). The number of benzene rings is 2. The van der Waals surface area contributed by atoms with Crippen LogP contribution in [0.25, 0.3) is 0 Å². The third-order valence-electron chi connectivity index (χ3n) is 3.36. The summed E-state index contributed by atoms with van der Waals surface area (Å²) in [6.07, 6.45) is 0.313. The van der Waals surface area contributed by atoms with Gasteiger partial charge in [0, 0.05) is 23.9 Å². The summed E-state index contributed by atoms with van der Waals surface area (Å²) in [6, 6.07) is 12.5. The van der Waals surface area contributed by atoms with Gasteiger partial charge in [-0.2, -0.15) is 0 Å². The molecule has 0 radical (unpaired) electrons. The van der Waals surface area contributed by atoms with Crippen LogP contribution in [0.1, 0.15) is 5.56 Å². The van der Waals surface area contributed by atoms with E-state index < -0.39 is 0 Å². The van der Waals surface area contributed by atoms with Gasteiger partial charge < -0.3 is 25.3 Å². The zero-order chi connectivity index (χ0) is 17.4. The minimum atomic E-state index is -0.0633. The number of ether oxygens (including phenoxy) is 3. The van der Waals surface area contributed by atoms with E-state index in [1.807, 2.05) is 12.1 Å². The molecule has 24 heavy (non-hydrogen) atoms. The van der Waals surface area contributed by atoms with Crippen molar-refractivity contribution in [2.24, 2.45) is 0 Å². The maximum absolute atomic E-state index is 11.9. The van der Waals surface area contributed by atoms with Crippen molar-refractivity contribution >= 4 is 11.6 Å². The van der Waals surface area contributed by atoms with E-state index in [9.17, 15) is 4.79 Å². The number of hydrogen-bond acceptors (Lipinski definition) is 5. The highest BCUT2D eigenvalue weighted by atomic mass is 16.5. The number of carbonyl (C=O) groups excluding carboxylic acids is 1. The molecule has 0 aliphatic carbocycles. The number of nitrogens with two attached hydrogens (primary N) is 1. The maximum atomic E-state index is 11.9. The van der Waals surface area contributed by atoms with Gasteiger partial charge in [0.25, 0.3) is 0 Å². The third kappa shape index (κ3) is 5.39. The smallest absolute Gasteiger partial charge is 0.224 e. The zero-order valence-corrected chi connectivity index (χ0v) is 13.9. The molecule has 0 heterocycles. The van der Waals surface area contributed by atoms with Crippen LogP contribution in [-0.4, -0.2) is 33.3 Å². The fourth-order valence-electron chi connectivity index (χ4n) is 2.11. The molecule has 0 bridgehead atoms. The lowest BCUT2D eigenvalue weighted by Gasteiger charge is -2.11. The first-order valence-corrected chi connectivity index (χ1v) is 7.57. The van der Waals surface area contributed by atoms with Crippen molar-refractivity contribution < 1.29 is 19.0 Å². The summed E-state index contributed by atoms with van der Waals surface area (Å²) in [7, 11) is 3.16. The molecule has 0 aromatic heterocycles. The first-order chi connectivity index (χ1) is 11.6. The van der Waals surface area contributed by atoms with Crippen LogP contribution in [0.15, 0.2) is 42.5 Å². The number of nitrogen functional groups attached to an aromatic ring is 1. The van der Waals surface area contributed by atoms with E-state index in [0.717, 1.165) is 5.56 Å². The van der Waals surface area contributed by atoms with Crippen LogP contribution in [0, 0.1) is 0 Å². The van der Waals surface area contributed by atoms with Crippen molar-refractivity contribution in [3.63, 3.8) is 0 Å². The molecule has 6 nitrogen and oxygen atoms in total. The Balaban J connectivity index is 1.76. The van der Waals surface area contributed by atoms with Crippen LogP contribution < -0.4 is 25.3 Å². The summed E-state index contributed by atoms with van der Waals surface area (Å²) in [6.45, 7) is 0.761. The molecule has 0 fully saturated rings. The third-order valence-corrected chi connectivity index (χ3v) is 3.36. The molecule has 0 aliphatic rings. The van der Waals surface area contributed by atoms with Crippen LogP contribution in [0.4, 0.5) is 5.69 Å². The first kappa shape index (κ1) is 17.5. The SMILES string of the molecule is COc1cc(OC)cc(OCCNC(=O)Cc2ccc(N)cc2)c1. The van der Waals surface area contributed by atoms with Crippen molar-refractivity contribution in [3.05, 3.63) is 48.0 Å². The lowest BCUT2D eigenvalue weighted by Crippen LogP contribution is -2.29. The molecule has 1 amide bonds. The second kappa shape index (κ2) is 8.67. The summed E-state index contributed by atoms with van der Waals surface area (Å²) >= 11 is 0. The molecule has 2 aromatic carbocycles. The molecule has 2 rings (SSSR count). The van der Waals surface area contributed by atoms with E-state index in [4.69, 9.17) is 19.9 Å². The van der Waals surface area contributed by atoms with Gasteiger partial charge in [-0.25, -0.2) is 0 Å². The molecule has 3 N–H and O–H groups in total. The van der Waals surface area contributed by atoms with Crippen molar-refractivity contribution in [3.8, 4) is 17.2 Å². The Hall–Kier alpha value is -2.89. The van der Waals surface area contributed by atoms with E-state index in [2.05, 4.69) is 5.32 Å². The van der Waals surface area contributed by atoms with Crippen molar-refractivity contribution in [1.29, 1.82) is 0 Å². The lowest BCUT2D eigenvalue weighted by molar-refractivity contribution is -0.120. The van der Waals surface area contributed by atoms with E-state index in [1.165, 1.54) is 0 Å². The summed E-state index contributed by atoms with van der Waals surface area (Å²) in [5.74, 6) is 1.86. The minimum absolute atomic E-state index is 0.0633. The van der Waals surface area contributed by atoms with Gasteiger partial charge >= 0.3 is 0 Å². The topological polar surface area (TPSA) is 82.8 Å². The molecule has 0 spiro atoms. The molecule has 0 unspecified atom stereocenters. The monoisotopic (exact) mass is 330 g/mol. The second-order valence-electron chi connectivity index (χ2n) is 5.17. The Morgan fingerprint density at radius 3 is 2.17 bits per heavy atom. The average molecular weight is 330 g/mol. The van der Waals surface area contributed by atoms with Gasteiger partial charge in [-0.1, -0.05) is 12.1 Å². The Morgan fingerprint density at radius 2 is 1.58 bits per heavy atom. The lowest BCUT2D eigenvalue weighted by atomic mass is 10.1. The Labute approximate surface area is 141 Å². The second-order valence-corrected chi connectivity index (χ2v) is 5.17. The molecule has 0 saturated carbocycles. The average Bonchev–Trinajstić information content (AvgIpc) is 2.60. The minimum Gasteiger partial charge on any atom is -0.496 e. The van der Waals surface area contributed by atoms with Crippen molar-refractivity contribution in [2.45, 2.75) is 6.42 Å². The van der Waals surface area contributed by atoms with Gasteiger partial charge in [0.1, 0.15) is 23.9 Å². The number of nitrogens with one attached hydrogen (secondary N) is 1. The number of anilines is 1. The molecule has 0 aliphatic heterocycles. The molecule has 2 aromatic rings. The van der Waals surface area contributed by atoms with Crippen LogP contribution in [0.3, 0.4) is 0 Å². The number of carbonyl (C=O) groups is 1. The van der Waals surface area contributed by atoms with Gasteiger partial charge in [0.2, 0.25) is 5.91 Å². The van der Waals surface area contributed by atoms with E-state index in [0.29, 0.717) is 42.5 Å². The molecular weight excluding hydrogens is 308 g/mol. The molecule has 0 atom stereocenters. The Bertz CT molecular complexity index is 649. The Kier molecular flexibility index (Phi) is 6.31. The van der Waals surface area contributed by atoms with Crippen LogP contribution in [-0.2, 0) is 11.2 Å². The highest BCUT2D eigenvalue weighted by Gasteiger charge is 2.05. The predicted octanol–water partition coefficient (Wildman–Crippen LogP) is 2.02. The summed E-state index contributed by atoms with van der Waals surface area (Å²) in [4.78, 5) is 11.9. The number of hydrogen-bond donors (Lipinski definition) is 2. The van der Waals surface area contributed by atoms with Crippen LogP contribution in [0.2, 0.25) is 0 Å². The fourth-order valence-corrected chi connectivity index (χ4v) is 2.11. The van der Waals surface area contributed by atoms with E-state index in [1.54, 1.807) is 44.6 Å². The first-order valence-electron chi connectivity index (χ1n) is 7.57. The molecule has 128 valence electrons. The van der Waals surface area contributed by atoms with Gasteiger partial charge in [-0.3, -0.25) is 4.79 Å². The zero-order valence-electron chi connectivity index (χ0n) is 13.9. The quantitative estimate of drug-likeness (QED) is 0.571. The summed E-state index contributed by atoms with van der Waals surface area (Å²) in [5, 5.41) is 2.82. The van der Waals surface area contributed by atoms with Crippen molar-refractivity contribution in [1.82, 2.24) is 5.32 Å². The van der Waals surface area contributed by atoms with Crippen molar-refractivity contribution in [2.75, 3.05) is 33.1 Å². The normalized spacial score (nSPS) is 10.1. The summed E-state index contributed by atoms with van der Waals surface area (Å²) in [5.41, 5.74) is 7.22.